The minimum absolute atomic E-state index is 0.166. The average Bonchev–Trinajstić information content (AvgIpc) is 3.34. The maximum atomic E-state index is 13.3. The number of hydrogen-bond acceptors (Lipinski definition) is 7. The smallest absolute Gasteiger partial charge is 0.257 e. The van der Waals surface area contributed by atoms with E-state index in [4.69, 9.17) is 13.8 Å². The summed E-state index contributed by atoms with van der Waals surface area (Å²) in [5.74, 6) is 1.22. The highest BCUT2D eigenvalue weighted by Gasteiger charge is 2.21. The van der Waals surface area contributed by atoms with Crippen LogP contribution in [0.1, 0.15) is 33.1 Å². The van der Waals surface area contributed by atoms with Crippen LogP contribution in [0.5, 0.6) is 5.75 Å². The third-order valence-electron chi connectivity index (χ3n) is 5.25. The maximum Gasteiger partial charge on any atom is 0.257 e. The summed E-state index contributed by atoms with van der Waals surface area (Å²) in [5.41, 5.74) is 1.92. The first-order valence-electron chi connectivity index (χ1n) is 10.4. The highest BCUT2D eigenvalue weighted by Crippen LogP contribution is 2.28. The molecular formula is C24H24N4O5. The third kappa shape index (κ3) is 4.87. The molecular weight excluding hydrogens is 424 g/mol. The molecule has 2 amide bonds. The number of nitrogens with zero attached hydrogens (tertiary/aromatic N) is 3. The van der Waals surface area contributed by atoms with Gasteiger partial charge in [-0.1, -0.05) is 34.6 Å². The third-order valence-corrected chi connectivity index (χ3v) is 5.25. The summed E-state index contributed by atoms with van der Waals surface area (Å²) in [4.78, 5) is 27.0. The molecule has 0 unspecified atom stereocenters. The van der Waals surface area contributed by atoms with E-state index >= 15 is 0 Å². The predicted octanol–water partition coefficient (Wildman–Crippen LogP) is 4.03. The fourth-order valence-electron chi connectivity index (χ4n) is 3.46. The Labute approximate surface area is 190 Å². The number of ether oxygens (including phenoxy) is 1. The van der Waals surface area contributed by atoms with E-state index in [9.17, 15) is 9.59 Å². The molecule has 33 heavy (non-hydrogen) atoms. The number of carbonyl (C=O) groups excluding carboxylic acids is 2. The van der Waals surface area contributed by atoms with Gasteiger partial charge in [0.15, 0.2) is 5.82 Å². The topological polar surface area (TPSA) is 111 Å². The summed E-state index contributed by atoms with van der Waals surface area (Å²) in [6.45, 7) is 5.41. The van der Waals surface area contributed by atoms with Gasteiger partial charge < -0.3 is 24.0 Å². The lowest BCUT2D eigenvalue weighted by Gasteiger charge is -2.19. The van der Waals surface area contributed by atoms with Crippen molar-refractivity contribution in [3.05, 3.63) is 70.8 Å². The summed E-state index contributed by atoms with van der Waals surface area (Å²) in [5, 5.41) is 12.1. The fraction of sp³-hybridized carbons (Fsp3) is 0.250. The number of carbonyl (C=O) groups is 2. The number of aryl methyl sites for hydroxylation is 3. The van der Waals surface area contributed by atoms with Gasteiger partial charge in [-0.25, -0.2) is 0 Å². The van der Waals surface area contributed by atoms with Crippen LogP contribution in [0.4, 0.5) is 5.82 Å². The van der Waals surface area contributed by atoms with Crippen molar-refractivity contribution >= 4 is 28.4 Å². The summed E-state index contributed by atoms with van der Waals surface area (Å²) < 4.78 is 16.2. The summed E-state index contributed by atoms with van der Waals surface area (Å²) in [6.07, 6.45) is 0. The average molecular weight is 448 g/mol. The molecule has 0 radical (unpaired) electrons. The van der Waals surface area contributed by atoms with E-state index in [1.807, 2.05) is 44.2 Å². The number of hydrogen-bond donors (Lipinski definition) is 1. The van der Waals surface area contributed by atoms with Crippen LogP contribution >= 0.6 is 0 Å². The van der Waals surface area contributed by atoms with Gasteiger partial charge in [0, 0.05) is 13.1 Å². The Morgan fingerprint density at radius 1 is 1.03 bits per heavy atom. The molecule has 4 rings (SSSR count). The normalized spacial score (nSPS) is 10.9. The molecule has 2 heterocycles. The zero-order valence-electron chi connectivity index (χ0n) is 18.8. The minimum atomic E-state index is -0.391. The van der Waals surface area contributed by atoms with E-state index < -0.39 is 5.91 Å². The van der Waals surface area contributed by atoms with Crippen LogP contribution in [0.25, 0.3) is 10.8 Å². The molecule has 0 aliphatic carbocycles. The van der Waals surface area contributed by atoms with Crippen LogP contribution in [-0.2, 0) is 11.4 Å². The zero-order chi connectivity index (χ0) is 23.5. The number of likely N-dealkylation sites (N-methyl/N-ethyl adjacent to an activating group) is 1. The lowest BCUT2D eigenvalue weighted by molar-refractivity contribution is -0.116. The molecule has 0 atom stereocenters. The van der Waals surface area contributed by atoms with E-state index in [0.29, 0.717) is 28.7 Å². The lowest BCUT2D eigenvalue weighted by Crippen LogP contribution is -2.35. The van der Waals surface area contributed by atoms with Crippen molar-refractivity contribution in [2.45, 2.75) is 27.4 Å². The number of amides is 2. The molecule has 2 aromatic carbocycles. The number of benzene rings is 2. The number of rotatable bonds is 7. The molecule has 0 aliphatic heterocycles. The zero-order valence-corrected chi connectivity index (χ0v) is 18.8. The van der Waals surface area contributed by atoms with Crippen LogP contribution in [0, 0.1) is 20.8 Å². The first-order chi connectivity index (χ1) is 15.8. The summed E-state index contributed by atoms with van der Waals surface area (Å²) in [7, 11) is 1.56. The van der Waals surface area contributed by atoms with Gasteiger partial charge in [0.2, 0.25) is 5.91 Å². The number of fused-ring (bicyclic) bond motifs is 1. The molecule has 4 aromatic rings. The molecule has 0 bridgehead atoms. The van der Waals surface area contributed by atoms with E-state index in [0.717, 1.165) is 22.0 Å². The molecule has 0 spiro atoms. The molecule has 0 saturated carbocycles. The van der Waals surface area contributed by atoms with Gasteiger partial charge in [-0.2, -0.15) is 0 Å². The van der Waals surface area contributed by atoms with E-state index in [-0.39, 0.29) is 19.1 Å². The van der Waals surface area contributed by atoms with E-state index in [1.165, 1.54) is 4.90 Å². The number of anilines is 1. The molecule has 0 aliphatic rings. The largest absolute Gasteiger partial charge is 0.488 e. The monoisotopic (exact) mass is 448 g/mol. The summed E-state index contributed by atoms with van der Waals surface area (Å²) in [6, 6.07) is 12.9. The van der Waals surface area contributed by atoms with Crippen molar-refractivity contribution in [2.75, 3.05) is 18.9 Å². The highest BCUT2D eigenvalue weighted by molar-refractivity contribution is 6.03. The SMILES string of the molecule is Cc1cc(NC(=O)CN(C)C(=O)c2cc3ccccc3cc2OCc2c(C)noc2C)no1. The fourth-order valence-corrected chi connectivity index (χ4v) is 3.46. The maximum absolute atomic E-state index is 13.3. The van der Waals surface area contributed by atoms with Crippen LogP contribution in [-0.4, -0.2) is 40.6 Å². The van der Waals surface area contributed by atoms with Gasteiger partial charge >= 0.3 is 0 Å². The van der Waals surface area contributed by atoms with Crippen LogP contribution in [0.3, 0.4) is 0 Å². The van der Waals surface area contributed by atoms with Gasteiger partial charge in [0.05, 0.1) is 23.4 Å². The predicted molar refractivity (Wildman–Crippen MR) is 121 cm³/mol. The molecule has 170 valence electrons. The first-order valence-corrected chi connectivity index (χ1v) is 10.4. The Hall–Kier alpha value is -4.14. The number of nitrogens with one attached hydrogen (secondary N) is 1. The number of aromatic nitrogens is 2. The summed E-state index contributed by atoms with van der Waals surface area (Å²) >= 11 is 0. The Kier molecular flexibility index (Phi) is 6.12. The first kappa shape index (κ1) is 22.1. The molecule has 9 heteroatoms. The van der Waals surface area contributed by atoms with Gasteiger partial charge in [0.1, 0.15) is 23.9 Å². The Bertz CT molecular complexity index is 1300. The second-order valence-electron chi connectivity index (χ2n) is 7.82. The van der Waals surface area contributed by atoms with Crippen molar-refractivity contribution < 1.29 is 23.4 Å². The van der Waals surface area contributed by atoms with Crippen molar-refractivity contribution in [3.63, 3.8) is 0 Å². The van der Waals surface area contributed by atoms with Crippen molar-refractivity contribution in [2.24, 2.45) is 0 Å². The molecule has 0 fully saturated rings. The van der Waals surface area contributed by atoms with Gasteiger partial charge in [-0.15, -0.1) is 0 Å². The van der Waals surface area contributed by atoms with E-state index in [1.54, 1.807) is 26.1 Å². The van der Waals surface area contributed by atoms with Crippen LogP contribution < -0.4 is 10.1 Å². The molecule has 1 N–H and O–H groups in total. The quantitative estimate of drug-likeness (QED) is 0.454. The molecule has 9 nitrogen and oxygen atoms in total. The van der Waals surface area contributed by atoms with E-state index in [2.05, 4.69) is 15.6 Å². The van der Waals surface area contributed by atoms with Crippen molar-refractivity contribution in [1.82, 2.24) is 15.2 Å². The second kappa shape index (κ2) is 9.15. The Balaban J connectivity index is 1.57. The minimum Gasteiger partial charge on any atom is -0.488 e. The standard InChI is InChI=1S/C24H24N4O5/c1-14-9-22(27-32-14)25-23(29)12-28(4)24(30)19-10-17-7-5-6-8-18(17)11-21(19)31-13-20-15(2)26-33-16(20)3/h5-11H,12-13H2,1-4H3,(H,25,27,29). The highest BCUT2D eigenvalue weighted by atomic mass is 16.5. The van der Waals surface area contributed by atoms with Crippen molar-refractivity contribution in [1.29, 1.82) is 0 Å². The van der Waals surface area contributed by atoms with Gasteiger partial charge in [0.25, 0.3) is 5.91 Å². The lowest BCUT2D eigenvalue weighted by atomic mass is 10.0. The Morgan fingerprint density at radius 3 is 2.39 bits per heavy atom. The van der Waals surface area contributed by atoms with Gasteiger partial charge in [-0.3, -0.25) is 9.59 Å². The Morgan fingerprint density at radius 2 is 1.76 bits per heavy atom. The molecule has 2 aromatic heterocycles. The van der Waals surface area contributed by atoms with Gasteiger partial charge in [-0.05, 0) is 43.7 Å². The van der Waals surface area contributed by atoms with Crippen LogP contribution in [0.15, 0.2) is 51.5 Å². The second-order valence-corrected chi connectivity index (χ2v) is 7.82. The molecule has 0 saturated heterocycles. The van der Waals surface area contributed by atoms with Crippen molar-refractivity contribution in [3.8, 4) is 5.75 Å². The van der Waals surface area contributed by atoms with Crippen LogP contribution in [0.2, 0.25) is 0 Å².